The van der Waals surface area contributed by atoms with Crippen molar-refractivity contribution in [2.75, 3.05) is 13.1 Å². The molecule has 0 bridgehead atoms. The van der Waals surface area contributed by atoms with Crippen molar-refractivity contribution in [2.24, 2.45) is 0 Å². The van der Waals surface area contributed by atoms with E-state index in [1.54, 1.807) is 11.1 Å². The van der Waals surface area contributed by atoms with Crippen molar-refractivity contribution in [1.82, 2.24) is 20.2 Å². The molecule has 2 amide bonds. The molecule has 0 unspecified atom stereocenters. The van der Waals surface area contributed by atoms with Crippen molar-refractivity contribution in [2.45, 2.75) is 18.9 Å². The number of nitrogens with zero attached hydrogens (tertiary/aromatic N) is 2. The van der Waals surface area contributed by atoms with Gasteiger partial charge in [-0.2, -0.15) is 0 Å². The third kappa shape index (κ3) is 3.57. The average molecular weight is 264 g/mol. The first kappa shape index (κ1) is 13.1. The Morgan fingerprint density at radius 2 is 2.37 bits per heavy atom. The van der Waals surface area contributed by atoms with Gasteiger partial charge in [-0.3, -0.25) is 0 Å². The molecule has 1 aliphatic heterocycles. The van der Waals surface area contributed by atoms with Gasteiger partial charge < -0.3 is 20.3 Å². The number of amides is 2. The fourth-order valence-electron chi connectivity index (χ4n) is 1.88. The second-order valence-electron chi connectivity index (χ2n) is 4.33. The molecule has 2 rings (SSSR count). The number of carbonyl (C=O) groups excluding carboxylic acids is 1. The number of aromatic amines is 1. The summed E-state index contributed by atoms with van der Waals surface area (Å²) in [5, 5.41) is 11.7. The van der Waals surface area contributed by atoms with Crippen LogP contribution in [-0.2, 0) is 11.2 Å². The summed E-state index contributed by atoms with van der Waals surface area (Å²) >= 11 is 0. The molecular formula is C12H16N4O3. The van der Waals surface area contributed by atoms with Crippen molar-refractivity contribution in [3.63, 3.8) is 0 Å². The SMILES string of the molecule is O=C(O)[C@@H](Cc1cnc[nH]1)NC(=O)N1CC=CCC1. The van der Waals surface area contributed by atoms with Crippen molar-refractivity contribution >= 4 is 12.0 Å². The molecule has 1 aromatic rings. The molecule has 7 nitrogen and oxygen atoms in total. The van der Waals surface area contributed by atoms with Crippen LogP contribution in [0.3, 0.4) is 0 Å². The first-order valence-corrected chi connectivity index (χ1v) is 6.07. The maximum Gasteiger partial charge on any atom is 0.326 e. The molecular weight excluding hydrogens is 248 g/mol. The summed E-state index contributed by atoms with van der Waals surface area (Å²) in [6.07, 6.45) is 7.91. The van der Waals surface area contributed by atoms with Gasteiger partial charge in [-0.15, -0.1) is 0 Å². The van der Waals surface area contributed by atoms with Gasteiger partial charge in [0.1, 0.15) is 6.04 Å². The Balaban J connectivity index is 1.94. The second kappa shape index (κ2) is 6.03. The molecule has 1 atom stereocenters. The van der Waals surface area contributed by atoms with E-state index in [1.165, 1.54) is 6.33 Å². The highest BCUT2D eigenvalue weighted by atomic mass is 16.4. The van der Waals surface area contributed by atoms with Crippen LogP contribution in [0.4, 0.5) is 4.79 Å². The van der Waals surface area contributed by atoms with Crippen LogP contribution >= 0.6 is 0 Å². The molecule has 102 valence electrons. The van der Waals surface area contributed by atoms with Gasteiger partial charge in [0, 0.05) is 31.4 Å². The minimum atomic E-state index is -1.06. The van der Waals surface area contributed by atoms with Crippen molar-refractivity contribution in [3.8, 4) is 0 Å². The van der Waals surface area contributed by atoms with E-state index in [2.05, 4.69) is 15.3 Å². The van der Waals surface area contributed by atoms with Crippen molar-refractivity contribution in [1.29, 1.82) is 0 Å². The summed E-state index contributed by atoms with van der Waals surface area (Å²) in [7, 11) is 0. The van der Waals surface area contributed by atoms with Crippen molar-refractivity contribution < 1.29 is 14.7 Å². The third-order valence-corrected chi connectivity index (χ3v) is 2.92. The maximum absolute atomic E-state index is 11.9. The van der Waals surface area contributed by atoms with Gasteiger partial charge in [-0.1, -0.05) is 12.2 Å². The standard InChI is InChI=1S/C12H16N4O3/c17-11(18)10(6-9-7-13-8-14-9)15-12(19)16-4-2-1-3-5-16/h1-2,7-8,10H,3-6H2,(H,13,14)(H,15,19)(H,17,18)/t10-/m1/s1. The van der Waals surface area contributed by atoms with Gasteiger partial charge in [0.05, 0.1) is 6.33 Å². The molecule has 0 saturated heterocycles. The first-order chi connectivity index (χ1) is 9.16. The number of rotatable bonds is 4. The molecule has 19 heavy (non-hydrogen) atoms. The molecule has 1 aliphatic rings. The molecule has 0 spiro atoms. The maximum atomic E-state index is 11.9. The number of nitrogens with one attached hydrogen (secondary N) is 2. The van der Waals surface area contributed by atoms with Crippen LogP contribution in [0, 0.1) is 0 Å². The van der Waals surface area contributed by atoms with Crippen LogP contribution in [0.2, 0.25) is 0 Å². The highest BCUT2D eigenvalue weighted by molar-refractivity contribution is 5.82. The Hall–Kier alpha value is -2.31. The molecule has 7 heteroatoms. The number of imidazole rings is 1. The van der Waals surface area contributed by atoms with E-state index < -0.39 is 12.0 Å². The molecule has 1 aromatic heterocycles. The Bertz CT molecular complexity index is 469. The highest BCUT2D eigenvalue weighted by Gasteiger charge is 2.23. The quantitative estimate of drug-likeness (QED) is 0.684. The number of carboxylic acid groups (broad SMARTS) is 1. The monoisotopic (exact) mass is 264 g/mol. The smallest absolute Gasteiger partial charge is 0.326 e. The first-order valence-electron chi connectivity index (χ1n) is 6.07. The number of carboxylic acids is 1. The number of hydrogen-bond donors (Lipinski definition) is 3. The van der Waals surface area contributed by atoms with Crippen LogP contribution in [0.1, 0.15) is 12.1 Å². The molecule has 2 heterocycles. The summed E-state index contributed by atoms with van der Waals surface area (Å²) in [4.78, 5) is 31.3. The van der Waals surface area contributed by atoms with Crippen LogP contribution in [0.25, 0.3) is 0 Å². The largest absolute Gasteiger partial charge is 0.480 e. The third-order valence-electron chi connectivity index (χ3n) is 2.92. The lowest BCUT2D eigenvalue weighted by molar-refractivity contribution is -0.139. The predicted octanol–water partition coefficient (Wildman–Crippen LogP) is 0.377. The Morgan fingerprint density at radius 3 is 2.95 bits per heavy atom. The highest BCUT2D eigenvalue weighted by Crippen LogP contribution is 2.04. The normalized spacial score (nSPS) is 16.1. The molecule has 0 aliphatic carbocycles. The molecule has 0 radical (unpaired) electrons. The Morgan fingerprint density at radius 1 is 1.53 bits per heavy atom. The van der Waals surface area contributed by atoms with Crippen LogP contribution < -0.4 is 5.32 Å². The van der Waals surface area contributed by atoms with Gasteiger partial charge >= 0.3 is 12.0 Å². The fraction of sp³-hybridized carbons (Fsp3) is 0.417. The van der Waals surface area contributed by atoms with Crippen molar-refractivity contribution in [3.05, 3.63) is 30.4 Å². The number of H-pyrrole nitrogens is 1. The number of aromatic nitrogens is 2. The zero-order chi connectivity index (χ0) is 13.7. The minimum Gasteiger partial charge on any atom is -0.480 e. The Labute approximate surface area is 110 Å². The topological polar surface area (TPSA) is 98.3 Å². The lowest BCUT2D eigenvalue weighted by Gasteiger charge is -2.25. The van der Waals surface area contributed by atoms with E-state index >= 15 is 0 Å². The molecule has 0 fully saturated rings. The Kier molecular flexibility index (Phi) is 4.17. The van der Waals surface area contributed by atoms with Gasteiger partial charge in [0.15, 0.2) is 0 Å². The van der Waals surface area contributed by atoms with Gasteiger partial charge in [0.2, 0.25) is 0 Å². The van der Waals surface area contributed by atoms with Gasteiger partial charge in [-0.05, 0) is 6.42 Å². The summed E-state index contributed by atoms with van der Waals surface area (Å²) in [6, 6.07) is -1.31. The minimum absolute atomic E-state index is 0.185. The predicted molar refractivity (Wildman–Crippen MR) is 67.6 cm³/mol. The van der Waals surface area contributed by atoms with Crippen LogP contribution in [0.5, 0.6) is 0 Å². The summed E-state index contributed by atoms with van der Waals surface area (Å²) in [5.74, 6) is -1.06. The van der Waals surface area contributed by atoms with E-state index in [0.717, 1.165) is 6.42 Å². The average Bonchev–Trinajstić information content (AvgIpc) is 2.91. The summed E-state index contributed by atoms with van der Waals surface area (Å²) < 4.78 is 0. The number of aliphatic carboxylic acids is 1. The number of urea groups is 1. The number of carbonyl (C=O) groups is 2. The van der Waals surface area contributed by atoms with E-state index in [1.807, 2.05) is 12.2 Å². The van der Waals surface area contributed by atoms with Crippen LogP contribution in [-0.4, -0.2) is 51.1 Å². The molecule has 0 aromatic carbocycles. The van der Waals surface area contributed by atoms with E-state index in [-0.39, 0.29) is 12.5 Å². The number of hydrogen-bond acceptors (Lipinski definition) is 3. The van der Waals surface area contributed by atoms with Crippen LogP contribution in [0.15, 0.2) is 24.7 Å². The lowest BCUT2D eigenvalue weighted by atomic mass is 10.1. The lowest BCUT2D eigenvalue weighted by Crippen LogP contribution is -2.49. The fourth-order valence-corrected chi connectivity index (χ4v) is 1.88. The van der Waals surface area contributed by atoms with E-state index in [4.69, 9.17) is 5.11 Å². The zero-order valence-electron chi connectivity index (χ0n) is 10.4. The zero-order valence-corrected chi connectivity index (χ0v) is 10.4. The molecule has 3 N–H and O–H groups in total. The van der Waals surface area contributed by atoms with E-state index in [0.29, 0.717) is 18.8 Å². The second-order valence-corrected chi connectivity index (χ2v) is 4.33. The van der Waals surface area contributed by atoms with E-state index in [9.17, 15) is 9.59 Å². The van der Waals surface area contributed by atoms with Gasteiger partial charge in [0.25, 0.3) is 0 Å². The summed E-state index contributed by atoms with van der Waals surface area (Å²) in [6.45, 7) is 1.13. The van der Waals surface area contributed by atoms with Gasteiger partial charge in [-0.25, -0.2) is 14.6 Å². The summed E-state index contributed by atoms with van der Waals surface area (Å²) in [5.41, 5.74) is 0.672. The molecule has 0 saturated carbocycles.